The largest absolute Gasteiger partial charge is 0.493 e. The van der Waals surface area contributed by atoms with Crippen LogP contribution in [0.3, 0.4) is 0 Å². The number of halogens is 1. The van der Waals surface area contributed by atoms with Gasteiger partial charge in [-0.15, -0.1) is 0 Å². The Morgan fingerprint density at radius 1 is 1.32 bits per heavy atom. The molecule has 1 amide bonds. The summed E-state index contributed by atoms with van der Waals surface area (Å²) in [6.45, 7) is 0.753. The summed E-state index contributed by atoms with van der Waals surface area (Å²) in [6, 6.07) is 11.1. The van der Waals surface area contributed by atoms with E-state index in [9.17, 15) is 4.79 Å². The van der Waals surface area contributed by atoms with E-state index in [0.717, 1.165) is 16.0 Å². The van der Waals surface area contributed by atoms with Gasteiger partial charge in [-0.05, 0) is 30.3 Å². The van der Waals surface area contributed by atoms with E-state index < -0.39 is 0 Å². The van der Waals surface area contributed by atoms with E-state index in [1.165, 1.54) is 0 Å². The predicted molar refractivity (Wildman–Crippen MR) is 74.8 cm³/mol. The molecule has 1 aromatic heterocycles. The molecule has 0 saturated heterocycles. The molecule has 0 aliphatic heterocycles. The predicted octanol–water partition coefficient (Wildman–Crippen LogP) is 3.13. The Hall–Kier alpha value is -1.75. The smallest absolute Gasteiger partial charge is 0.223 e. The number of ether oxygens (including phenoxy) is 1. The summed E-state index contributed by atoms with van der Waals surface area (Å²) in [4.78, 5) is 11.6. The van der Waals surface area contributed by atoms with E-state index in [0.29, 0.717) is 19.6 Å². The Bertz CT molecular complexity index is 525. The fourth-order valence-corrected chi connectivity index (χ4v) is 1.88. The van der Waals surface area contributed by atoms with Gasteiger partial charge in [0.05, 0.1) is 25.8 Å². The Morgan fingerprint density at radius 3 is 2.95 bits per heavy atom. The first-order valence-corrected chi connectivity index (χ1v) is 6.71. The third-order valence-corrected chi connectivity index (χ3v) is 2.93. The normalized spacial score (nSPS) is 10.2. The minimum absolute atomic E-state index is 0.0635. The van der Waals surface area contributed by atoms with Gasteiger partial charge in [-0.3, -0.25) is 4.79 Å². The summed E-state index contributed by atoms with van der Waals surface area (Å²) in [7, 11) is 0. The molecular weight excluding hydrogens is 310 g/mol. The lowest BCUT2D eigenvalue weighted by Gasteiger charge is -2.06. The Kier molecular flexibility index (Phi) is 5.03. The van der Waals surface area contributed by atoms with Crippen LogP contribution in [0.25, 0.3) is 0 Å². The Labute approximate surface area is 119 Å². The standard InChI is InChI=1S/C14H14BrNO3/c15-11-3-1-4-12(9-11)19-8-6-14(17)16-10-13-5-2-7-18-13/h1-5,7,9H,6,8,10H2,(H,16,17). The van der Waals surface area contributed by atoms with E-state index in [4.69, 9.17) is 9.15 Å². The molecule has 4 nitrogen and oxygen atoms in total. The number of hydrogen-bond acceptors (Lipinski definition) is 3. The molecular formula is C14H14BrNO3. The fourth-order valence-electron chi connectivity index (χ4n) is 1.51. The van der Waals surface area contributed by atoms with Crippen molar-refractivity contribution in [2.75, 3.05) is 6.61 Å². The maximum Gasteiger partial charge on any atom is 0.223 e. The fraction of sp³-hybridized carbons (Fsp3) is 0.214. The van der Waals surface area contributed by atoms with E-state index in [1.807, 2.05) is 30.3 Å². The average molecular weight is 324 g/mol. The zero-order valence-corrected chi connectivity index (χ0v) is 11.9. The number of rotatable bonds is 6. The number of furan rings is 1. The van der Waals surface area contributed by atoms with Crippen molar-refractivity contribution in [3.05, 3.63) is 52.9 Å². The van der Waals surface area contributed by atoms with E-state index in [-0.39, 0.29) is 5.91 Å². The van der Waals surface area contributed by atoms with Crippen molar-refractivity contribution < 1.29 is 13.9 Å². The maximum absolute atomic E-state index is 11.6. The summed E-state index contributed by atoms with van der Waals surface area (Å²) in [5, 5.41) is 2.76. The molecule has 19 heavy (non-hydrogen) atoms. The third kappa shape index (κ3) is 4.79. The lowest BCUT2D eigenvalue weighted by Crippen LogP contribution is -2.24. The van der Waals surface area contributed by atoms with Crippen LogP contribution in [0.1, 0.15) is 12.2 Å². The van der Waals surface area contributed by atoms with Crippen molar-refractivity contribution in [3.8, 4) is 5.75 Å². The first-order valence-electron chi connectivity index (χ1n) is 5.91. The van der Waals surface area contributed by atoms with Gasteiger partial charge < -0.3 is 14.5 Å². The highest BCUT2D eigenvalue weighted by Gasteiger charge is 2.03. The number of carbonyl (C=O) groups excluding carboxylic acids is 1. The second-order valence-electron chi connectivity index (χ2n) is 3.91. The van der Waals surface area contributed by atoms with Gasteiger partial charge in [0.25, 0.3) is 0 Å². The zero-order valence-electron chi connectivity index (χ0n) is 10.3. The van der Waals surface area contributed by atoms with Gasteiger partial charge >= 0.3 is 0 Å². The molecule has 0 bridgehead atoms. The number of amides is 1. The number of nitrogens with one attached hydrogen (secondary N) is 1. The van der Waals surface area contributed by atoms with Crippen LogP contribution in [0.4, 0.5) is 0 Å². The minimum Gasteiger partial charge on any atom is -0.493 e. The molecule has 0 aliphatic carbocycles. The summed E-state index contributed by atoms with van der Waals surface area (Å²) < 4.78 is 11.6. The first kappa shape index (κ1) is 13.7. The molecule has 0 spiro atoms. The van der Waals surface area contributed by atoms with Gasteiger partial charge in [-0.1, -0.05) is 22.0 Å². The Morgan fingerprint density at radius 2 is 2.21 bits per heavy atom. The average Bonchev–Trinajstić information content (AvgIpc) is 2.89. The molecule has 0 unspecified atom stereocenters. The lowest BCUT2D eigenvalue weighted by molar-refractivity contribution is -0.121. The van der Waals surface area contributed by atoms with E-state index in [1.54, 1.807) is 12.3 Å². The van der Waals surface area contributed by atoms with Crippen molar-refractivity contribution in [2.24, 2.45) is 0 Å². The molecule has 5 heteroatoms. The second-order valence-corrected chi connectivity index (χ2v) is 4.83. The highest BCUT2D eigenvalue weighted by atomic mass is 79.9. The molecule has 0 atom stereocenters. The number of hydrogen-bond donors (Lipinski definition) is 1. The van der Waals surface area contributed by atoms with Crippen LogP contribution in [0, 0.1) is 0 Å². The SMILES string of the molecule is O=C(CCOc1cccc(Br)c1)NCc1ccco1. The molecule has 0 aliphatic rings. The second kappa shape index (κ2) is 6.99. The van der Waals surface area contributed by atoms with Gasteiger partial charge in [0.2, 0.25) is 5.91 Å². The van der Waals surface area contributed by atoms with Crippen LogP contribution in [0.5, 0.6) is 5.75 Å². The summed E-state index contributed by atoms with van der Waals surface area (Å²) >= 11 is 3.36. The van der Waals surface area contributed by atoms with Crippen molar-refractivity contribution in [1.29, 1.82) is 0 Å². The van der Waals surface area contributed by atoms with Crippen LogP contribution in [0.2, 0.25) is 0 Å². The van der Waals surface area contributed by atoms with E-state index >= 15 is 0 Å². The zero-order chi connectivity index (χ0) is 13.5. The van der Waals surface area contributed by atoms with E-state index in [2.05, 4.69) is 21.2 Å². The van der Waals surface area contributed by atoms with Crippen LogP contribution >= 0.6 is 15.9 Å². The van der Waals surface area contributed by atoms with Crippen molar-refractivity contribution >= 4 is 21.8 Å². The molecule has 0 radical (unpaired) electrons. The molecule has 2 rings (SSSR count). The minimum atomic E-state index is -0.0635. The molecule has 1 N–H and O–H groups in total. The summed E-state index contributed by atoms with van der Waals surface area (Å²) in [6.07, 6.45) is 1.89. The summed E-state index contributed by atoms with van der Waals surface area (Å²) in [5.74, 6) is 1.42. The molecule has 0 saturated carbocycles. The topological polar surface area (TPSA) is 51.5 Å². The highest BCUT2D eigenvalue weighted by Crippen LogP contribution is 2.17. The Balaban J connectivity index is 1.66. The maximum atomic E-state index is 11.6. The molecule has 1 heterocycles. The van der Waals surface area contributed by atoms with Gasteiger partial charge in [-0.25, -0.2) is 0 Å². The van der Waals surface area contributed by atoms with Crippen molar-refractivity contribution in [3.63, 3.8) is 0 Å². The number of carbonyl (C=O) groups is 1. The third-order valence-electron chi connectivity index (χ3n) is 2.43. The molecule has 1 aromatic carbocycles. The lowest BCUT2D eigenvalue weighted by atomic mass is 10.3. The molecule has 100 valence electrons. The summed E-state index contributed by atoms with van der Waals surface area (Å²) in [5.41, 5.74) is 0. The number of benzene rings is 1. The van der Waals surface area contributed by atoms with Crippen LogP contribution in [0.15, 0.2) is 51.6 Å². The molecule has 2 aromatic rings. The van der Waals surface area contributed by atoms with Crippen LogP contribution < -0.4 is 10.1 Å². The van der Waals surface area contributed by atoms with Gasteiger partial charge in [0.15, 0.2) is 0 Å². The van der Waals surface area contributed by atoms with Gasteiger partial charge in [0.1, 0.15) is 11.5 Å². The van der Waals surface area contributed by atoms with Crippen LogP contribution in [-0.4, -0.2) is 12.5 Å². The van der Waals surface area contributed by atoms with Gasteiger partial charge in [-0.2, -0.15) is 0 Å². The van der Waals surface area contributed by atoms with Gasteiger partial charge in [0, 0.05) is 4.47 Å². The quantitative estimate of drug-likeness (QED) is 0.888. The van der Waals surface area contributed by atoms with Crippen LogP contribution in [-0.2, 0) is 11.3 Å². The monoisotopic (exact) mass is 323 g/mol. The van der Waals surface area contributed by atoms with Crippen molar-refractivity contribution in [2.45, 2.75) is 13.0 Å². The first-order chi connectivity index (χ1) is 9.24. The highest BCUT2D eigenvalue weighted by molar-refractivity contribution is 9.10. The molecule has 0 fully saturated rings. The van der Waals surface area contributed by atoms with Crippen molar-refractivity contribution in [1.82, 2.24) is 5.32 Å².